The fourth-order valence-corrected chi connectivity index (χ4v) is 4.19. The van der Waals surface area contributed by atoms with Crippen molar-refractivity contribution in [3.63, 3.8) is 0 Å². The minimum absolute atomic E-state index is 0.569. The topological polar surface area (TPSA) is 47.9 Å². The molecule has 1 aromatic carbocycles. The number of pyridine rings is 1. The van der Waals surface area contributed by atoms with Crippen LogP contribution in [0.5, 0.6) is 5.88 Å². The lowest BCUT2D eigenvalue weighted by molar-refractivity contribution is 0.309. The van der Waals surface area contributed by atoms with Crippen LogP contribution >= 0.6 is 0 Å². The molecule has 0 N–H and O–H groups in total. The maximum absolute atomic E-state index is 6.04. The molecule has 4 rings (SSSR count). The van der Waals surface area contributed by atoms with Crippen LogP contribution in [0.15, 0.2) is 54.7 Å². The van der Waals surface area contributed by atoms with Crippen molar-refractivity contribution in [3.05, 3.63) is 71.7 Å². The molecular formula is C26H31N3O. The molecule has 0 radical (unpaired) electrons. The molecule has 0 amide bonds. The van der Waals surface area contributed by atoms with E-state index in [4.69, 9.17) is 14.7 Å². The number of hydrogen-bond acceptors (Lipinski definition) is 4. The van der Waals surface area contributed by atoms with Gasteiger partial charge >= 0.3 is 0 Å². The van der Waals surface area contributed by atoms with Crippen LogP contribution in [-0.4, -0.2) is 21.6 Å². The number of aryl methyl sites for hydroxylation is 1. The summed E-state index contributed by atoms with van der Waals surface area (Å²) in [5, 5.41) is 0. The monoisotopic (exact) mass is 401 g/mol. The van der Waals surface area contributed by atoms with E-state index in [9.17, 15) is 0 Å². The second-order valence-electron chi connectivity index (χ2n) is 8.16. The van der Waals surface area contributed by atoms with Gasteiger partial charge in [0.2, 0.25) is 5.88 Å². The maximum Gasteiger partial charge on any atom is 0.217 e. The quantitative estimate of drug-likeness (QED) is 0.453. The first-order valence-electron chi connectivity index (χ1n) is 11.3. The average Bonchev–Trinajstić information content (AvgIpc) is 2.81. The number of rotatable bonds is 8. The third kappa shape index (κ3) is 5.44. The van der Waals surface area contributed by atoms with Crippen molar-refractivity contribution < 1.29 is 4.74 Å². The summed E-state index contributed by atoms with van der Waals surface area (Å²) in [6.07, 6.45) is 11.2. The van der Waals surface area contributed by atoms with Crippen molar-refractivity contribution in [2.75, 3.05) is 6.61 Å². The van der Waals surface area contributed by atoms with Gasteiger partial charge in [0.1, 0.15) is 0 Å². The Hall–Kier alpha value is -2.75. The average molecular weight is 402 g/mol. The molecule has 1 aliphatic rings. The molecule has 0 aliphatic heterocycles. The number of ether oxygens (including phenoxy) is 1. The first-order valence-corrected chi connectivity index (χ1v) is 11.3. The Labute approximate surface area is 179 Å². The highest BCUT2D eigenvalue weighted by atomic mass is 16.5. The second kappa shape index (κ2) is 10.3. The number of hydrogen-bond donors (Lipinski definition) is 0. The molecule has 2 aromatic heterocycles. The van der Waals surface area contributed by atoms with Gasteiger partial charge in [-0.2, -0.15) is 4.98 Å². The van der Waals surface area contributed by atoms with Gasteiger partial charge in [0.05, 0.1) is 6.61 Å². The first kappa shape index (κ1) is 20.5. The molecule has 0 saturated heterocycles. The summed E-state index contributed by atoms with van der Waals surface area (Å²) >= 11 is 0. The minimum atomic E-state index is 0.569. The lowest BCUT2D eigenvalue weighted by Crippen LogP contribution is -2.07. The Bertz CT molecular complexity index is 936. The van der Waals surface area contributed by atoms with Crippen molar-refractivity contribution in [1.82, 2.24) is 15.0 Å². The normalized spacial score (nSPS) is 14.6. The van der Waals surface area contributed by atoms with Crippen LogP contribution in [0, 0.1) is 0 Å². The molecule has 4 nitrogen and oxygen atoms in total. The van der Waals surface area contributed by atoms with E-state index in [-0.39, 0.29) is 0 Å². The van der Waals surface area contributed by atoms with Crippen molar-refractivity contribution in [1.29, 1.82) is 0 Å². The smallest absolute Gasteiger partial charge is 0.217 e. The summed E-state index contributed by atoms with van der Waals surface area (Å²) in [5.41, 5.74) is 4.53. The molecule has 1 aliphatic carbocycles. The molecular weight excluding hydrogens is 370 g/mol. The molecule has 0 spiro atoms. The Morgan fingerprint density at radius 1 is 0.933 bits per heavy atom. The highest BCUT2D eigenvalue weighted by molar-refractivity contribution is 5.56. The molecule has 0 unspecified atom stereocenters. The van der Waals surface area contributed by atoms with Crippen molar-refractivity contribution in [2.24, 2.45) is 0 Å². The zero-order valence-corrected chi connectivity index (χ0v) is 17.9. The largest absolute Gasteiger partial charge is 0.477 e. The van der Waals surface area contributed by atoms with Gasteiger partial charge in [-0.25, -0.2) is 4.98 Å². The van der Waals surface area contributed by atoms with E-state index in [0.29, 0.717) is 18.4 Å². The van der Waals surface area contributed by atoms with Crippen LogP contribution in [0.1, 0.15) is 68.3 Å². The molecule has 0 atom stereocenters. The predicted molar refractivity (Wildman–Crippen MR) is 121 cm³/mol. The van der Waals surface area contributed by atoms with E-state index in [1.165, 1.54) is 43.4 Å². The standard InChI is InChI=1S/C26H31N3O/c1-2-9-23-19-25(30-17-15-20-10-5-3-6-11-20)29-26(28-23)22-14-16-27-24(18-22)21-12-7-4-8-13-21/h3,5-6,10-11,14,16,18-19,21H,2,4,7-9,12-13,15,17H2,1H3. The van der Waals surface area contributed by atoms with Gasteiger partial charge in [0.25, 0.3) is 0 Å². The minimum Gasteiger partial charge on any atom is -0.477 e. The summed E-state index contributed by atoms with van der Waals surface area (Å²) in [6.45, 7) is 2.78. The summed E-state index contributed by atoms with van der Waals surface area (Å²) < 4.78 is 6.04. The number of nitrogens with zero attached hydrogens (tertiary/aromatic N) is 3. The van der Waals surface area contributed by atoms with Gasteiger partial charge in [-0.05, 0) is 37.0 Å². The molecule has 156 valence electrons. The van der Waals surface area contributed by atoms with Gasteiger partial charge < -0.3 is 4.74 Å². The molecule has 0 bridgehead atoms. The van der Waals surface area contributed by atoms with E-state index < -0.39 is 0 Å². The van der Waals surface area contributed by atoms with Crippen LogP contribution in [0.25, 0.3) is 11.4 Å². The van der Waals surface area contributed by atoms with Crippen LogP contribution in [0.2, 0.25) is 0 Å². The third-order valence-electron chi connectivity index (χ3n) is 5.81. The van der Waals surface area contributed by atoms with Crippen LogP contribution in [0.4, 0.5) is 0 Å². The molecule has 30 heavy (non-hydrogen) atoms. The summed E-state index contributed by atoms with van der Waals surface area (Å²) in [4.78, 5) is 14.2. The Morgan fingerprint density at radius 3 is 2.57 bits per heavy atom. The van der Waals surface area contributed by atoms with E-state index in [2.05, 4.69) is 42.2 Å². The van der Waals surface area contributed by atoms with Crippen LogP contribution in [0.3, 0.4) is 0 Å². The molecule has 2 heterocycles. The Morgan fingerprint density at radius 2 is 1.77 bits per heavy atom. The van der Waals surface area contributed by atoms with Gasteiger partial charge in [-0.1, -0.05) is 62.9 Å². The lowest BCUT2D eigenvalue weighted by atomic mass is 9.86. The highest BCUT2D eigenvalue weighted by Crippen LogP contribution is 2.33. The van der Waals surface area contributed by atoms with Crippen LogP contribution in [-0.2, 0) is 12.8 Å². The SMILES string of the molecule is CCCc1cc(OCCc2ccccc2)nc(-c2ccnc(C3CCCCC3)c2)n1. The van der Waals surface area contributed by atoms with E-state index >= 15 is 0 Å². The van der Waals surface area contributed by atoms with Gasteiger partial charge in [0, 0.05) is 41.6 Å². The van der Waals surface area contributed by atoms with Gasteiger partial charge in [-0.15, -0.1) is 0 Å². The van der Waals surface area contributed by atoms with Crippen molar-refractivity contribution in [2.45, 2.75) is 64.2 Å². The highest BCUT2D eigenvalue weighted by Gasteiger charge is 2.18. The summed E-state index contributed by atoms with van der Waals surface area (Å²) in [5.74, 6) is 1.98. The zero-order valence-electron chi connectivity index (χ0n) is 17.9. The summed E-state index contributed by atoms with van der Waals surface area (Å²) in [6, 6.07) is 16.6. The lowest BCUT2D eigenvalue weighted by Gasteiger charge is -2.21. The third-order valence-corrected chi connectivity index (χ3v) is 5.81. The van der Waals surface area contributed by atoms with Gasteiger partial charge in [-0.3, -0.25) is 4.98 Å². The predicted octanol–water partition coefficient (Wildman–Crippen LogP) is 6.16. The zero-order chi connectivity index (χ0) is 20.6. The second-order valence-corrected chi connectivity index (χ2v) is 8.16. The summed E-state index contributed by atoms with van der Waals surface area (Å²) in [7, 11) is 0. The molecule has 1 saturated carbocycles. The van der Waals surface area contributed by atoms with Crippen molar-refractivity contribution in [3.8, 4) is 17.3 Å². The van der Waals surface area contributed by atoms with E-state index in [1.54, 1.807) is 0 Å². The van der Waals surface area contributed by atoms with E-state index in [1.807, 2.05) is 24.4 Å². The first-order chi connectivity index (χ1) is 14.8. The fourth-order valence-electron chi connectivity index (χ4n) is 4.19. The molecule has 1 fully saturated rings. The number of benzene rings is 1. The van der Waals surface area contributed by atoms with E-state index in [0.717, 1.165) is 36.3 Å². The number of aromatic nitrogens is 3. The molecule has 4 heteroatoms. The van der Waals surface area contributed by atoms with Crippen molar-refractivity contribution >= 4 is 0 Å². The van der Waals surface area contributed by atoms with Gasteiger partial charge in [0.15, 0.2) is 5.82 Å². The Balaban J connectivity index is 1.53. The Kier molecular flexibility index (Phi) is 7.07. The molecule has 3 aromatic rings. The maximum atomic E-state index is 6.04. The fraction of sp³-hybridized carbons (Fsp3) is 0.423. The van der Waals surface area contributed by atoms with Crippen LogP contribution < -0.4 is 4.74 Å².